The van der Waals surface area contributed by atoms with Crippen molar-refractivity contribution < 1.29 is 9.53 Å². The van der Waals surface area contributed by atoms with E-state index in [-0.39, 0.29) is 11.9 Å². The van der Waals surface area contributed by atoms with Gasteiger partial charge in [-0.3, -0.25) is 4.79 Å². The molecule has 0 aliphatic carbocycles. The van der Waals surface area contributed by atoms with Gasteiger partial charge in [-0.15, -0.1) is 0 Å². The van der Waals surface area contributed by atoms with E-state index in [1.807, 2.05) is 0 Å². The molecule has 3 aliphatic heterocycles. The Kier molecular flexibility index (Phi) is 2.05. The third-order valence-corrected chi connectivity index (χ3v) is 3.16. The van der Waals surface area contributed by atoms with Crippen LogP contribution in [0.2, 0.25) is 0 Å². The topological polar surface area (TPSA) is 29.5 Å². The van der Waals surface area contributed by atoms with E-state index in [9.17, 15) is 4.79 Å². The van der Waals surface area contributed by atoms with E-state index in [1.165, 1.54) is 33.0 Å². The monoisotopic (exact) mass is 169 g/mol. The molecule has 12 heavy (non-hydrogen) atoms. The number of hydrogen-bond donors (Lipinski definition) is 0. The van der Waals surface area contributed by atoms with Crippen molar-refractivity contribution in [2.24, 2.45) is 11.8 Å². The normalized spacial score (nSPS) is 39.6. The molecule has 3 saturated heterocycles. The largest absolute Gasteiger partial charge is 0.469 e. The van der Waals surface area contributed by atoms with Gasteiger partial charge in [-0.2, -0.15) is 0 Å². The van der Waals surface area contributed by atoms with Crippen molar-refractivity contribution in [2.75, 3.05) is 26.7 Å². The maximum atomic E-state index is 11.3. The lowest BCUT2D eigenvalue weighted by Crippen LogP contribution is -2.50. The Morgan fingerprint density at radius 2 is 2.08 bits per heavy atom. The van der Waals surface area contributed by atoms with Crippen molar-refractivity contribution in [2.45, 2.75) is 12.8 Å². The highest BCUT2D eigenvalue weighted by Gasteiger charge is 2.38. The summed E-state index contributed by atoms with van der Waals surface area (Å²) in [5.41, 5.74) is 0. The highest BCUT2D eigenvalue weighted by molar-refractivity contribution is 5.73. The van der Waals surface area contributed by atoms with Crippen LogP contribution in [0.3, 0.4) is 0 Å². The molecule has 0 N–H and O–H groups in total. The van der Waals surface area contributed by atoms with Crippen molar-refractivity contribution in [3.05, 3.63) is 0 Å². The van der Waals surface area contributed by atoms with Crippen LogP contribution >= 0.6 is 0 Å². The maximum absolute atomic E-state index is 11.3. The predicted molar refractivity (Wildman–Crippen MR) is 44.7 cm³/mol. The van der Waals surface area contributed by atoms with Gasteiger partial charge in [0.2, 0.25) is 0 Å². The van der Waals surface area contributed by atoms with Crippen LogP contribution in [0.5, 0.6) is 0 Å². The van der Waals surface area contributed by atoms with Crippen LogP contribution in [-0.4, -0.2) is 37.6 Å². The molecule has 2 bridgehead atoms. The lowest BCUT2D eigenvalue weighted by Gasteiger charge is -2.43. The van der Waals surface area contributed by atoms with Crippen LogP contribution in [-0.2, 0) is 9.53 Å². The summed E-state index contributed by atoms with van der Waals surface area (Å²) in [6, 6.07) is 0. The minimum absolute atomic E-state index is 0.00981. The average molecular weight is 169 g/mol. The average Bonchev–Trinajstić information content (AvgIpc) is 2.18. The van der Waals surface area contributed by atoms with Crippen LogP contribution in [0.15, 0.2) is 0 Å². The first-order chi connectivity index (χ1) is 5.81. The third-order valence-electron chi connectivity index (χ3n) is 3.16. The first-order valence-corrected chi connectivity index (χ1v) is 4.61. The Bertz CT molecular complexity index is 185. The van der Waals surface area contributed by atoms with Gasteiger partial charge in [0.15, 0.2) is 0 Å². The SMILES string of the molecule is COC(=O)[C@@H]1CN2CCC1CC2. The van der Waals surface area contributed by atoms with E-state index in [1.54, 1.807) is 0 Å². The Labute approximate surface area is 72.7 Å². The van der Waals surface area contributed by atoms with Gasteiger partial charge in [-0.05, 0) is 31.8 Å². The number of nitrogens with zero attached hydrogens (tertiary/aromatic N) is 1. The van der Waals surface area contributed by atoms with Crippen molar-refractivity contribution in [1.82, 2.24) is 4.90 Å². The molecule has 3 rings (SSSR count). The molecule has 3 nitrogen and oxygen atoms in total. The second-order valence-electron chi connectivity index (χ2n) is 3.77. The molecule has 0 unspecified atom stereocenters. The van der Waals surface area contributed by atoms with Gasteiger partial charge in [0, 0.05) is 6.54 Å². The first-order valence-electron chi connectivity index (χ1n) is 4.61. The van der Waals surface area contributed by atoms with Gasteiger partial charge < -0.3 is 9.64 Å². The molecular formula is C9H15NO2. The molecule has 68 valence electrons. The first kappa shape index (κ1) is 8.05. The zero-order valence-electron chi connectivity index (χ0n) is 7.45. The summed E-state index contributed by atoms with van der Waals surface area (Å²) in [7, 11) is 1.49. The number of fused-ring (bicyclic) bond motifs is 3. The number of carbonyl (C=O) groups is 1. The van der Waals surface area contributed by atoms with Gasteiger partial charge in [-0.25, -0.2) is 0 Å². The minimum Gasteiger partial charge on any atom is -0.469 e. The molecule has 0 aromatic carbocycles. The van der Waals surface area contributed by atoms with Gasteiger partial charge in [0.25, 0.3) is 0 Å². The molecule has 3 fully saturated rings. The molecular weight excluding hydrogens is 154 g/mol. The Balaban J connectivity index is 2.03. The zero-order chi connectivity index (χ0) is 8.55. The Morgan fingerprint density at radius 1 is 1.42 bits per heavy atom. The summed E-state index contributed by atoms with van der Waals surface area (Å²) in [5.74, 6) is 0.754. The summed E-state index contributed by atoms with van der Waals surface area (Å²) >= 11 is 0. The van der Waals surface area contributed by atoms with Gasteiger partial charge in [0.05, 0.1) is 13.0 Å². The fourth-order valence-corrected chi connectivity index (χ4v) is 2.38. The number of rotatable bonds is 1. The number of methoxy groups -OCH3 is 1. The van der Waals surface area contributed by atoms with Gasteiger partial charge >= 0.3 is 5.97 Å². The van der Waals surface area contributed by atoms with E-state index >= 15 is 0 Å². The maximum Gasteiger partial charge on any atom is 0.310 e. The van der Waals surface area contributed by atoms with Crippen LogP contribution in [0.4, 0.5) is 0 Å². The summed E-state index contributed by atoms with van der Waals surface area (Å²) < 4.78 is 4.78. The highest BCUT2D eigenvalue weighted by Crippen LogP contribution is 2.32. The van der Waals surface area contributed by atoms with Crippen molar-refractivity contribution in [3.63, 3.8) is 0 Å². The fourth-order valence-electron chi connectivity index (χ4n) is 2.38. The number of esters is 1. The van der Waals surface area contributed by atoms with Crippen LogP contribution in [0.1, 0.15) is 12.8 Å². The standard InChI is InChI=1S/C9H15NO2/c1-12-9(11)8-6-10-4-2-7(8)3-5-10/h7-8H,2-6H2,1H3/t8-/m1/s1. The van der Waals surface area contributed by atoms with Gasteiger partial charge in [-0.1, -0.05) is 0 Å². The van der Waals surface area contributed by atoms with Crippen LogP contribution < -0.4 is 0 Å². The van der Waals surface area contributed by atoms with E-state index in [4.69, 9.17) is 4.74 Å². The molecule has 0 amide bonds. The number of piperidine rings is 3. The number of hydrogen-bond acceptors (Lipinski definition) is 3. The second kappa shape index (κ2) is 3.05. The predicted octanol–water partition coefficient (Wildman–Crippen LogP) is 0.501. The minimum atomic E-state index is -0.00981. The van der Waals surface area contributed by atoms with E-state index in [0.717, 1.165) is 6.54 Å². The number of carbonyl (C=O) groups excluding carboxylic acids is 1. The molecule has 0 aromatic heterocycles. The van der Waals surface area contributed by atoms with Crippen LogP contribution in [0.25, 0.3) is 0 Å². The summed E-state index contributed by atoms with van der Waals surface area (Å²) in [6.07, 6.45) is 2.36. The van der Waals surface area contributed by atoms with E-state index < -0.39 is 0 Å². The lowest BCUT2D eigenvalue weighted by molar-refractivity contribution is -0.152. The molecule has 1 atom stereocenters. The molecule has 3 heteroatoms. The van der Waals surface area contributed by atoms with Crippen LogP contribution in [0, 0.1) is 11.8 Å². The highest BCUT2D eigenvalue weighted by atomic mass is 16.5. The van der Waals surface area contributed by atoms with E-state index in [2.05, 4.69) is 4.90 Å². The third kappa shape index (κ3) is 1.22. The van der Waals surface area contributed by atoms with Crippen molar-refractivity contribution in [1.29, 1.82) is 0 Å². The number of ether oxygens (including phenoxy) is 1. The molecule has 3 heterocycles. The Morgan fingerprint density at radius 3 is 2.50 bits per heavy atom. The zero-order valence-corrected chi connectivity index (χ0v) is 7.45. The quantitative estimate of drug-likeness (QED) is 0.535. The summed E-state index contributed by atoms with van der Waals surface area (Å²) in [6.45, 7) is 3.29. The van der Waals surface area contributed by atoms with Gasteiger partial charge in [0.1, 0.15) is 0 Å². The smallest absolute Gasteiger partial charge is 0.310 e. The second-order valence-corrected chi connectivity index (χ2v) is 3.77. The van der Waals surface area contributed by atoms with Crippen molar-refractivity contribution in [3.8, 4) is 0 Å². The molecule has 3 aliphatic rings. The summed E-state index contributed by atoms with van der Waals surface area (Å²) in [4.78, 5) is 13.7. The molecule has 0 spiro atoms. The molecule has 0 radical (unpaired) electrons. The summed E-state index contributed by atoms with van der Waals surface area (Å²) in [5, 5.41) is 0. The molecule has 0 saturated carbocycles. The van der Waals surface area contributed by atoms with E-state index in [0.29, 0.717) is 5.92 Å². The lowest BCUT2D eigenvalue weighted by atomic mass is 9.79. The van der Waals surface area contributed by atoms with Crippen molar-refractivity contribution >= 4 is 5.97 Å². The Hall–Kier alpha value is -0.570. The molecule has 0 aromatic rings. The fraction of sp³-hybridized carbons (Fsp3) is 0.889.